The van der Waals surface area contributed by atoms with Crippen molar-refractivity contribution in [3.8, 4) is 11.5 Å². The van der Waals surface area contributed by atoms with Gasteiger partial charge in [0.05, 0.1) is 38.7 Å². The van der Waals surface area contributed by atoms with Gasteiger partial charge in [-0.1, -0.05) is 12.2 Å². The molecule has 3 aliphatic rings. The zero-order valence-electron chi connectivity index (χ0n) is 17.3. The fourth-order valence-electron chi connectivity index (χ4n) is 4.83. The highest BCUT2D eigenvalue weighted by Crippen LogP contribution is 2.52. The average Bonchev–Trinajstić information content (AvgIpc) is 3.42. The Kier molecular flexibility index (Phi) is 4.66. The van der Waals surface area contributed by atoms with Crippen LogP contribution < -0.4 is 14.8 Å². The van der Waals surface area contributed by atoms with Crippen LogP contribution in [-0.4, -0.2) is 54.2 Å². The van der Waals surface area contributed by atoms with Crippen molar-refractivity contribution < 1.29 is 23.8 Å². The van der Waals surface area contributed by atoms with Crippen molar-refractivity contribution in [1.82, 2.24) is 9.88 Å². The van der Waals surface area contributed by atoms with E-state index < -0.39 is 23.5 Å². The summed E-state index contributed by atoms with van der Waals surface area (Å²) in [6.45, 7) is 0.894. The Morgan fingerprint density at radius 3 is 2.61 bits per heavy atom. The first-order valence-electron chi connectivity index (χ1n) is 10.1. The second-order valence-electron chi connectivity index (χ2n) is 8.04. The van der Waals surface area contributed by atoms with Crippen molar-refractivity contribution in [2.45, 2.75) is 18.2 Å². The number of fused-ring (bicyclic) bond motifs is 1. The predicted molar refractivity (Wildman–Crippen MR) is 112 cm³/mol. The molecule has 2 saturated heterocycles. The number of hydrogen-bond acceptors (Lipinski definition) is 6. The minimum absolute atomic E-state index is 0.0629. The molecule has 1 aromatic heterocycles. The largest absolute Gasteiger partial charge is 0.497 e. The molecule has 3 aliphatic heterocycles. The molecule has 8 heteroatoms. The van der Waals surface area contributed by atoms with E-state index in [2.05, 4.69) is 10.3 Å². The fourth-order valence-corrected chi connectivity index (χ4v) is 4.83. The maximum atomic E-state index is 13.3. The Balaban J connectivity index is 1.38. The first kappa shape index (κ1) is 19.6. The standard InChI is InChI=1S/C23H23N3O5/c1-29-16-9-15(10-17(11-16)30-2)25-21(27)19-18-3-6-23(31-18)13-26(22(28)20(19)23)12-14-4-7-24-8-5-14/h3-11,18-20H,12-13H2,1-2H3,(H,25,27)/t18?,19?,20-,23+/m0/s1. The van der Waals surface area contributed by atoms with Gasteiger partial charge in [0, 0.05) is 42.8 Å². The predicted octanol–water partition coefficient (Wildman–Crippen LogP) is 2.02. The number of benzene rings is 1. The van der Waals surface area contributed by atoms with Crippen LogP contribution in [0.5, 0.6) is 11.5 Å². The summed E-state index contributed by atoms with van der Waals surface area (Å²) in [5.41, 5.74) is 0.784. The van der Waals surface area contributed by atoms with Crippen LogP contribution in [0.2, 0.25) is 0 Å². The molecule has 2 bridgehead atoms. The first-order chi connectivity index (χ1) is 15.0. The van der Waals surface area contributed by atoms with Crippen LogP contribution in [-0.2, 0) is 20.9 Å². The molecular weight excluding hydrogens is 398 g/mol. The van der Waals surface area contributed by atoms with Gasteiger partial charge in [-0.3, -0.25) is 14.6 Å². The normalized spacial score (nSPS) is 28.0. The number of aromatic nitrogens is 1. The lowest BCUT2D eigenvalue weighted by Crippen LogP contribution is -2.41. The maximum Gasteiger partial charge on any atom is 0.231 e. The highest BCUT2D eigenvalue weighted by atomic mass is 16.5. The van der Waals surface area contributed by atoms with E-state index in [9.17, 15) is 9.59 Å². The first-order valence-corrected chi connectivity index (χ1v) is 10.1. The topological polar surface area (TPSA) is 90.0 Å². The summed E-state index contributed by atoms with van der Waals surface area (Å²) in [4.78, 5) is 32.4. The van der Waals surface area contributed by atoms with Crippen LogP contribution in [0.15, 0.2) is 54.9 Å². The molecule has 4 heterocycles. The fraction of sp³-hybridized carbons (Fsp3) is 0.348. The lowest BCUT2D eigenvalue weighted by molar-refractivity contribution is -0.136. The monoisotopic (exact) mass is 421 g/mol. The van der Waals surface area contributed by atoms with E-state index in [1.54, 1.807) is 49.7 Å². The molecule has 1 N–H and O–H groups in total. The molecule has 2 amide bonds. The van der Waals surface area contributed by atoms with Gasteiger partial charge in [0.1, 0.15) is 17.1 Å². The van der Waals surface area contributed by atoms with Gasteiger partial charge in [-0.05, 0) is 17.7 Å². The number of nitrogens with one attached hydrogen (secondary N) is 1. The summed E-state index contributed by atoms with van der Waals surface area (Å²) in [6.07, 6.45) is 6.84. The zero-order valence-corrected chi connectivity index (χ0v) is 17.3. The number of carbonyl (C=O) groups is 2. The van der Waals surface area contributed by atoms with Gasteiger partial charge in [0.2, 0.25) is 11.8 Å². The van der Waals surface area contributed by atoms with Crippen molar-refractivity contribution >= 4 is 17.5 Å². The minimum Gasteiger partial charge on any atom is -0.497 e. The number of ether oxygens (including phenoxy) is 3. The number of pyridine rings is 1. The summed E-state index contributed by atoms with van der Waals surface area (Å²) < 4.78 is 16.7. The molecule has 2 aromatic rings. The van der Waals surface area contributed by atoms with E-state index in [0.29, 0.717) is 30.3 Å². The zero-order chi connectivity index (χ0) is 21.6. The summed E-state index contributed by atoms with van der Waals surface area (Å²) in [7, 11) is 3.10. The van der Waals surface area contributed by atoms with E-state index in [4.69, 9.17) is 14.2 Å². The second kappa shape index (κ2) is 7.39. The molecule has 0 radical (unpaired) electrons. The number of anilines is 1. The molecule has 4 atom stereocenters. The molecule has 1 aromatic carbocycles. The minimum atomic E-state index is -0.747. The molecule has 0 saturated carbocycles. The third-order valence-corrected chi connectivity index (χ3v) is 6.22. The highest BCUT2D eigenvalue weighted by molar-refractivity contribution is 5.99. The summed E-state index contributed by atoms with van der Waals surface area (Å²) >= 11 is 0. The molecule has 2 fully saturated rings. The van der Waals surface area contributed by atoms with Crippen molar-refractivity contribution in [1.29, 1.82) is 0 Å². The van der Waals surface area contributed by atoms with Crippen LogP contribution in [0, 0.1) is 11.8 Å². The number of amides is 2. The van der Waals surface area contributed by atoms with Crippen LogP contribution >= 0.6 is 0 Å². The van der Waals surface area contributed by atoms with Crippen LogP contribution in [0.25, 0.3) is 0 Å². The molecule has 31 heavy (non-hydrogen) atoms. The smallest absolute Gasteiger partial charge is 0.231 e. The molecule has 160 valence electrons. The quantitative estimate of drug-likeness (QED) is 0.718. The van der Waals surface area contributed by atoms with Crippen LogP contribution in [0.4, 0.5) is 5.69 Å². The molecule has 1 spiro atoms. The van der Waals surface area contributed by atoms with Crippen molar-refractivity contribution in [2.24, 2.45) is 11.8 Å². The summed E-state index contributed by atoms with van der Waals surface area (Å²) in [5, 5.41) is 2.92. The van der Waals surface area contributed by atoms with E-state index >= 15 is 0 Å². The molecule has 0 aliphatic carbocycles. The van der Waals surface area contributed by atoms with Crippen molar-refractivity contribution in [3.63, 3.8) is 0 Å². The number of rotatable bonds is 6. The number of hydrogen-bond donors (Lipinski definition) is 1. The molecule has 5 rings (SSSR count). The van der Waals surface area contributed by atoms with Gasteiger partial charge in [0.25, 0.3) is 0 Å². The molecule has 8 nitrogen and oxygen atoms in total. The van der Waals surface area contributed by atoms with Gasteiger partial charge in [-0.2, -0.15) is 0 Å². The number of methoxy groups -OCH3 is 2. The third-order valence-electron chi connectivity index (χ3n) is 6.22. The van der Waals surface area contributed by atoms with Gasteiger partial charge in [-0.15, -0.1) is 0 Å². The Labute approximate surface area is 179 Å². The highest BCUT2D eigenvalue weighted by Gasteiger charge is 2.66. The Hall–Kier alpha value is -3.39. The van der Waals surface area contributed by atoms with Crippen LogP contribution in [0.1, 0.15) is 5.56 Å². The Morgan fingerprint density at radius 2 is 1.94 bits per heavy atom. The van der Waals surface area contributed by atoms with E-state index in [-0.39, 0.29) is 11.8 Å². The van der Waals surface area contributed by atoms with Gasteiger partial charge in [-0.25, -0.2) is 0 Å². The Morgan fingerprint density at radius 1 is 1.23 bits per heavy atom. The SMILES string of the molecule is COc1cc(NC(=O)C2C3C=C[C@]4(CN(Cc5ccncc5)C(=O)[C@H]24)O3)cc(OC)c1. The van der Waals surface area contributed by atoms with E-state index in [1.165, 1.54) is 0 Å². The lowest BCUT2D eigenvalue weighted by atomic mass is 9.77. The summed E-state index contributed by atoms with van der Waals surface area (Å²) in [6, 6.07) is 8.92. The molecule has 2 unspecified atom stereocenters. The number of nitrogens with zero attached hydrogens (tertiary/aromatic N) is 2. The third kappa shape index (κ3) is 3.23. The van der Waals surface area contributed by atoms with Crippen LogP contribution in [0.3, 0.4) is 0 Å². The lowest BCUT2D eigenvalue weighted by Gasteiger charge is -2.23. The number of likely N-dealkylation sites (tertiary alicyclic amines) is 1. The van der Waals surface area contributed by atoms with Crippen molar-refractivity contribution in [2.75, 3.05) is 26.1 Å². The van der Waals surface area contributed by atoms with Crippen molar-refractivity contribution in [3.05, 3.63) is 60.4 Å². The molecular formula is C23H23N3O5. The van der Waals surface area contributed by atoms with Gasteiger partial charge in [0.15, 0.2) is 0 Å². The van der Waals surface area contributed by atoms with E-state index in [1.807, 2.05) is 24.3 Å². The average molecular weight is 421 g/mol. The van der Waals surface area contributed by atoms with Gasteiger partial charge >= 0.3 is 0 Å². The maximum absolute atomic E-state index is 13.3. The summed E-state index contributed by atoms with van der Waals surface area (Å²) in [5.74, 6) is -0.331. The number of carbonyl (C=O) groups excluding carboxylic acids is 2. The Bertz CT molecular complexity index is 1030. The second-order valence-corrected chi connectivity index (χ2v) is 8.04. The van der Waals surface area contributed by atoms with Gasteiger partial charge < -0.3 is 24.4 Å². The van der Waals surface area contributed by atoms with E-state index in [0.717, 1.165) is 5.56 Å².